The zero-order chi connectivity index (χ0) is 11.6. The van der Waals surface area contributed by atoms with Crippen molar-refractivity contribution in [3.63, 3.8) is 0 Å². The Hall–Kier alpha value is -1.43. The molecule has 0 aliphatic rings. The Kier molecular flexibility index (Phi) is 3.41. The lowest BCUT2D eigenvalue weighted by Crippen LogP contribution is -2.15. The molecule has 1 rings (SSSR count). The fourth-order valence-corrected chi connectivity index (χ4v) is 1.26. The maximum absolute atomic E-state index is 12.6. The number of ether oxygens (including phenoxy) is 1. The Morgan fingerprint density at radius 1 is 1.60 bits per heavy atom. The second-order valence-corrected chi connectivity index (χ2v) is 2.90. The highest BCUT2D eigenvalue weighted by Gasteiger charge is 2.24. The van der Waals surface area contributed by atoms with Crippen molar-refractivity contribution in [2.24, 2.45) is 0 Å². The molecular formula is C8H6ClF2NO3. The Labute approximate surface area is 87.8 Å². The number of methoxy groups -OCH3 is 1. The van der Waals surface area contributed by atoms with Crippen molar-refractivity contribution in [1.29, 1.82) is 0 Å². The van der Waals surface area contributed by atoms with Crippen molar-refractivity contribution in [2.75, 3.05) is 7.11 Å². The first-order chi connectivity index (χ1) is 6.99. The predicted molar refractivity (Wildman–Crippen MR) is 48.8 cm³/mol. The molecule has 0 fully saturated rings. The zero-order valence-corrected chi connectivity index (χ0v) is 8.27. The smallest absolute Gasteiger partial charge is 0.290 e. The second-order valence-electron chi connectivity index (χ2n) is 2.55. The molecule has 1 N–H and O–H groups in total. The Balaban J connectivity index is 3.56. The third-order valence-corrected chi connectivity index (χ3v) is 1.93. The fraction of sp³-hybridized carbons (Fsp3) is 0.250. The molecule has 0 aliphatic carbocycles. The van der Waals surface area contributed by atoms with Crippen LogP contribution in [0.2, 0.25) is 0 Å². The SMILES string of the molecule is COc1c(C(F)F)c(C(=O)Cl)c[nH]c1=O. The van der Waals surface area contributed by atoms with Crippen LogP contribution in [0.3, 0.4) is 0 Å². The number of rotatable bonds is 3. The van der Waals surface area contributed by atoms with Crippen molar-refractivity contribution in [3.8, 4) is 5.75 Å². The van der Waals surface area contributed by atoms with E-state index in [-0.39, 0.29) is 0 Å². The first kappa shape index (κ1) is 11.6. The lowest BCUT2D eigenvalue weighted by Gasteiger charge is -2.09. The molecule has 1 heterocycles. The minimum atomic E-state index is -3.01. The van der Waals surface area contributed by atoms with Gasteiger partial charge in [0.25, 0.3) is 17.2 Å². The molecule has 1 aromatic rings. The number of alkyl halides is 2. The molecular weight excluding hydrogens is 232 g/mol. The number of hydrogen-bond acceptors (Lipinski definition) is 3. The maximum Gasteiger partial charge on any atom is 0.290 e. The van der Waals surface area contributed by atoms with Crippen LogP contribution < -0.4 is 10.3 Å². The Morgan fingerprint density at radius 3 is 2.60 bits per heavy atom. The Bertz CT molecular complexity index is 444. The van der Waals surface area contributed by atoms with E-state index >= 15 is 0 Å². The van der Waals surface area contributed by atoms with Crippen molar-refractivity contribution in [3.05, 3.63) is 27.7 Å². The van der Waals surface area contributed by atoms with E-state index in [2.05, 4.69) is 9.72 Å². The van der Waals surface area contributed by atoms with Gasteiger partial charge >= 0.3 is 0 Å². The molecule has 7 heteroatoms. The number of hydrogen-bond donors (Lipinski definition) is 1. The van der Waals surface area contributed by atoms with E-state index in [0.29, 0.717) is 0 Å². The van der Waals surface area contributed by atoms with Gasteiger partial charge in [-0.25, -0.2) is 8.78 Å². The van der Waals surface area contributed by atoms with Gasteiger partial charge in [-0.3, -0.25) is 9.59 Å². The molecule has 82 valence electrons. The van der Waals surface area contributed by atoms with E-state index in [1.807, 2.05) is 0 Å². The van der Waals surface area contributed by atoms with Crippen LogP contribution >= 0.6 is 11.6 Å². The topological polar surface area (TPSA) is 59.2 Å². The van der Waals surface area contributed by atoms with Crippen LogP contribution in [0.1, 0.15) is 22.3 Å². The predicted octanol–water partition coefficient (Wildman–Crippen LogP) is 1.70. The van der Waals surface area contributed by atoms with Gasteiger partial charge in [-0.05, 0) is 11.6 Å². The zero-order valence-electron chi connectivity index (χ0n) is 7.51. The van der Waals surface area contributed by atoms with Gasteiger partial charge in [0.1, 0.15) is 0 Å². The number of carbonyl (C=O) groups is 1. The van der Waals surface area contributed by atoms with Gasteiger partial charge in [-0.15, -0.1) is 0 Å². The van der Waals surface area contributed by atoms with Gasteiger partial charge in [0.05, 0.1) is 18.2 Å². The number of carbonyl (C=O) groups excluding carboxylic acids is 1. The van der Waals surface area contributed by atoms with E-state index < -0.39 is 34.1 Å². The Morgan fingerprint density at radius 2 is 2.20 bits per heavy atom. The van der Waals surface area contributed by atoms with Gasteiger partial charge < -0.3 is 9.72 Å². The lowest BCUT2D eigenvalue weighted by molar-refractivity contribution is 0.106. The maximum atomic E-state index is 12.6. The highest BCUT2D eigenvalue weighted by Crippen LogP contribution is 2.29. The van der Waals surface area contributed by atoms with Crippen LogP contribution in [-0.4, -0.2) is 17.3 Å². The van der Waals surface area contributed by atoms with Crippen molar-refractivity contribution in [1.82, 2.24) is 4.98 Å². The number of aromatic amines is 1. The molecule has 0 bridgehead atoms. The molecule has 4 nitrogen and oxygen atoms in total. The van der Waals surface area contributed by atoms with Gasteiger partial charge in [0.2, 0.25) is 0 Å². The van der Waals surface area contributed by atoms with Crippen LogP contribution in [0.15, 0.2) is 11.0 Å². The number of H-pyrrole nitrogens is 1. The highest BCUT2D eigenvalue weighted by atomic mass is 35.5. The minimum absolute atomic E-state index is 0.469. The average Bonchev–Trinajstić information content (AvgIpc) is 2.16. The fourth-order valence-electron chi connectivity index (χ4n) is 1.11. The first-order valence-corrected chi connectivity index (χ1v) is 4.14. The van der Waals surface area contributed by atoms with E-state index in [1.54, 1.807) is 0 Å². The molecule has 0 unspecified atom stereocenters. The minimum Gasteiger partial charge on any atom is -0.491 e. The molecule has 0 saturated heterocycles. The largest absolute Gasteiger partial charge is 0.491 e. The van der Waals surface area contributed by atoms with Crippen molar-refractivity contribution >= 4 is 16.8 Å². The molecule has 0 spiro atoms. The summed E-state index contributed by atoms with van der Waals surface area (Å²) >= 11 is 5.08. The summed E-state index contributed by atoms with van der Waals surface area (Å²) in [6.07, 6.45) is -2.18. The monoisotopic (exact) mass is 237 g/mol. The second kappa shape index (κ2) is 4.39. The molecule has 0 amide bonds. The normalized spacial score (nSPS) is 10.5. The van der Waals surface area contributed by atoms with E-state index in [1.165, 1.54) is 0 Å². The van der Waals surface area contributed by atoms with Gasteiger partial charge in [-0.1, -0.05) is 0 Å². The first-order valence-electron chi connectivity index (χ1n) is 3.76. The molecule has 15 heavy (non-hydrogen) atoms. The van der Waals surface area contributed by atoms with Crippen LogP contribution in [0.5, 0.6) is 5.75 Å². The van der Waals surface area contributed by atoms with Crippen LogP contribution in [0.4, 0.5) is 8.78 Å². The lowest BCUT2D eigenvalue weighted by atomic mass is 10.1. The summed E-state index contributed by atoms with van der Waals surface area (Å²) in [6.45, 7) is 0. The molecule has 1 aromatic heterocycles. The van der Waals surface area contributed by atoms with Crippen molar-refractivity contribution < 1.29 is 18.3 Å². The quantitative estimate of drug-likeness (QED) is 0.814. The van der Waals surface area contributed by atoms with Crippen LogP contribution in [-0.2, 0) is 0 Å². The standard InChI is InChI=1S/C8H6ClF2NO3/c1-15-5-4(7(10)11)3(6(9)13)2-12-8(5)14/h2,7H,1H3,(H,12,14). The average molecular weight is 238 g/mol. The highest BCUT2D eigenvalue weighted by molar-refractivity contribution is 6.67. The van der Waals surface area contributed by atoms with Gasteiger partial charge in [0, 0.05) is 6.20 Å². The summed E-state index contributed by atoms with van der Waals surface area (Å²) in [6, 6.07) is 0. The third-order valence-electron chi connectivity index (χ3n) is 1.72. The summed E-state index contributed by atoms with van der Waals surface area (Å²) in [5.41, 5.74) is -2.10. The molecule has 0 atom stereocenters. The third kappa shape index (κ3) is 2.15. The van der Waals surface area contributed by atoms with Crippen LogP contribution in [0.25, 0.3) is 0 Å². The van der Waals surface area contributed by atoms with Crippen LogP contribution in [0, 0.1) is 0 Å². The van der Waals surface area contributed by atoms with Gasteiger partial charge in [-0.2, -0.15) is 0 Å². The van der Waals surface area contributed by atoms with E-state index in [0.717, 1.165) is 13.3 Å². The molecule has 0 aliphatic heterocycles. The van der Waals surface area contributed by atoms with Gasteiger partial charge in [0.15, 0.2) is 5.75 Å². The summed E-state index contributed by atoms with van der Waals surface area (Å²) in [5.74, 6) is -0.600. The number of nitrogens with one attached hydrogen (secondary N) is 1. The number of halogens is 3. The molecule has 0 saturated carbocycles. The summed E-state index contributed by atoms with van der Waals surface area (Å²) < 4.78 is 29.6. The summed E-state index contributed by atoms with van der Waals surface area (Å²) in [7, 11) is 1.05. The van der Waals surface area contributed by atoms with E-state index in [9.17, 15) is 18.4 Å². The molecule has 0 radical (unpaired) electrons. The van der Waals surface area contributed by atoms with Crippen molar-refractivity contribution in [2.45, 2.75) is 6.43 Å². The molecule has 0 aromatic carbocycles. The van der Waals surface area contributed by atoms with E-state index in [4.69, 9.17) is 11.6 Å². The summed E-state index contributed by atoms with van der Waals surface area (Å²) in [5, 5.41) is -1.08. The number of aromatic nitrogens is 1. The summed E-state index contributed by atoms with van der Waals surface area (Å²) in [4.78, 5) is 24.0. The number of pyridine rings is 1.